The minimum Gasteiger partial charge on any atom is -0.366 e. The Balaban J connectivity index is 1.83. The molecule has 0 radical (unpaired) electrons. The molecule has 5 nitrogen and oxygen atoms in total. The molecule has 3 N–H and O–H groups in total. The Morgan fingerprint density at radius 2 is 2.00 bits per heavy atom. The third kappa shape index (κ3) is 5.03. The van der Waals surface area contributed by atoms with Gasteiger partial charge in [-0.25, -0.2) is 0 Å². The van der Waals surface area contributed by atoms with Crippen molar-refractivity contribution in [2.75, 3.05) is 32.8 Å². The number of nitrogens with one attached hydrogen (secondary N) is 1. The average Bonchev–Trinajstić information content (AvgIpc) is 2.59. The Labute approximate surface area is 139 Å². The fourth-order valence-corrected chi connectivity index (χ4v) is 2.72. The second-order valence-corrected chi connectivity index (χ2v) is 6.43. The Kier molecular flexibility index (Phi) is 6.57. The average molecular weight is 319 g/mol. The summed E-state index contributed by atoms with van der Waals surface area (Å²) in [5, 5.41) is 2.92. The first kappa shape index (κ1) is 17.9. The Morgan fingerprint density at radius 1 is 1.35 bits per heavy atom. The maximum Gasteiger partial charge on any atom is 0.250 e. The summed E-state index contributed by atoms with van der Waals surface area (Å²) in [6.07, 6.45) is -0.390. The van der Waals surface area contributed by atoms with Crippen LogP contribution in [-0.2, 0) is 9.53 Å². The number of hydrogen-bond acceptors (Lipinski definition) is 4. The molecule has 2 atom stereocenters. The number of hydrogen-bond donors (Lipinski definition) is 2. The van der Waals surface area contributed by atoms with Crippen LogP contribution in [0.15, 0.2) is 24.3 Å². The molecule has 23 heavy (non-hydrogen) atoms. The van der Waals surface area contributed by atoms with Gasteiger partial charge in [0.25, 0.3) is 5.91 Å². The van der Waals surface area contributed by atoms with Gasteiger partial charge >= 0.3 is 0 Å². The number of morpholine rings is 1. The van der Waals surface area contributed by atoms with Crippen molar-refractivity contribution in [1.82, 2.24) is 10.2 Å². The fourth-order valence-electron chi connectivity index (χ4n) is 2.72. The molecule has 2 rings (SSSR count). The summed E-state index contributed by atoms with van der Waals surface area (Å²) in [7, 11) is 0. The van der Waals surface area contributed by atoms with Gasteiger partial charge in [-0.15, -0.1) is 0 Å². The van der Waals surface area contributed by atoms with E-state index in [4.69, 9.17) is 10.5 Å². The second-order valence-electron chi connectivity index (χ2n) is 6.43. The highest BCUT2D eigenvalue weighted by Gasteiger charge is 2.25. The lowest BCUT2D eigenvalue weighted by Gasteiger charge is -2.31. The summed E-state index contributed by atoms with van der Waals surface area (Å²) in [6.45, 7) is 9.94. The SMILES string of the molecule is CCN1CCOC(C(=O)NCC(N)c2ccc(C(C)C)cc2)C1. The van der Waals surface area contributed by atoms with Crippen LogP contribution in [0.5, 0.6) is 0 Å². The van der Waals surface area contributed by atoms with Gasteiger partial charge in [0.1, 0.15) is 6.10 Å². The first-order valence-electron chi connectivity index (χ1n) is 8.48. The maximum absolute atomic E-state index is 12.2. The zero-order chi connectivity index (χ0) is 16.8. The number of ether oxygens (including phenoxy) is 1. The number of likely N-dealkylation sites (N-methyl/N-ethyl adjacent to an activating group) is 1. The number of nitrogens with two attached hydrogens (primary N) is 1. The van der Waals surface area contributed by atoms with Gasteiger partial charge in [0.05, 0.1) is 6.61 Å². The van der Waals surface area contributed by atoms with Crippen molar-refractivity contribution in [3.8, 4) is 0 Å². The molecule has 2 unspecified atom stereocenters. The van der Waals surface area contributed by atoms with Gasteiger partial charge in [-0.2, -0.15) is 0 Å². The smallest absolute Gasteiger partial charge is 0.250 e. The van der Waals surface area contributed by atoms with E-state index >= 15 is 0 Å². The van der Waals surface area contributed by atoms with E-state index in [1.807, 2.05) is 12.1 Å². The highest BCUT2D eigenvalue weighted by atomic mass is 16.5. The lowest BCUT2D eigenvalue weighted by molar-refractivity contribution is -0.138. The summed E-state index contributed by atoms with van der Waals surface area (Å²) in [5.41, 5.74) is 8.51. The number of carbonyl (C=O) groups excluding carboxylic acids is 1. The topological polar surface area (TPSA) is 67.6 Å². The van der Waals surface area contributed by atoms with Crippen LogP contribution in [0.3, 0.4) is 0 Å². The standard InChI is InChI=1S/C18H29N3O2/c1-4-21-9-10-23-17(12-21)18(22)20-11-16(19)15-7-5-14(6-8-15)13(2)3/h5-8,13,16-17H,4,9-12,19H2,1-3H3,(H,20,22). The molecule has 0 aromatic heterocycles. The number of rotatable bonds is 6. The highest BCUT2D eigenvalue weighted by molar-refractivity contribution is 5.81. The van der Waals surface area contributed by atoms with E-state index in [2.05, 4.69) is 43.1 Å². The molecule has 128 valence electrons. The molecule has 0 saturated carbocycles. The van der Waals surface area contributed by atoms with Gasteiger partial charge < -0.3 is 15.8 Å². The van der Waals surface area contributed by atoms with Crippen LogP contribution in [0.25, 0.3) is 0 Å². The van der Waals surface area contributed by atoms with Crippen LogP contribution in [0.2, 0.25) is 0 Å². The monoisotopic (exact) mass is 319 g/mol. The van der Waals surface area contributed by atoms with Crippen molar-refractivity contribution in [3.05, 3.63) is 35.4 Å². The van der Waals surface area contributed by atoms with Crippen LogP contribution in [0.4, 0.5) is 0 Å². The third-order valence-corrected chi connectivity index (χ3v) is 4.42. The van der Waals surface area contributed by atoms with E-state index < -0.39 is 0 Å². The summed E-state index contributed by atoms with van der Waals surface area (Å²) >= 11 is 0. The van der Waals surface area contributed by atoms with Gasteiger partial charge in [-0.05, 0) is 23.6 Å². The molecule has 1 fully saturated rings. The first-order chi connectivity index (χ1) is 11.0. The fraction of sp³-hybridized carbons (Fsp3) is 0.611. The van der Waals surface area contributed by atoms with Gasteiger partial charge in [0.15, 0.2) is 0 Å². The minimum atomic E-state index is -0.390. The van der Waals surface area contributed by atoms with Crippen LogP contribution in [-0.4, -0.2) is 49.7 Å². The number of amides is 1. The van der Waals surface area contributed by atoms with Crippen molar-refractivity contribution in [1.29, 1.82) is 0 Å². The molecule has 1 aromatic rings. The largest absolute Gasteiger partial charge is 0.366 e. The van der Waals surface area contributed by atoms with Crippen LogP contribution < -0.4 is 11.1 Å². The number of nitrogens with zero attached hydrogens (tertiary/aromatic N) is 1. The maximum atomic E-state index is 12.2. The van der Waals surface area contributed by atoms with E-state index in [9.17, 15) is 4.79 Å². The van der Waals surface area contributed by atoms with E-state index in [-0.39, 0.29) is 18.1 Å². The molecular weight excluding hydrogens is 290 g/mol. The summed E-state index contributed by atoms with van der Waals surface area (Å²) in [4.78, 5) is 14.4. The molecule has 1 aliphatic rings. The quantitative estimate of drug-likeness (QED) is 0.836. The van der Waals surface area contributed by atoms with E-state index in [1.165, 1.54) is 5.56 Å². The van der Waals surface area contributed by atoms with Crippen LogP contribution in [0.1, 0.15) is 43.9 Å². The predicted molar refractivity (Wildman–Crippen MR) is 92.3 cm³/mol. The Hall–Kier alpha value is -1.43. The molecule has 0 bridgehead atoms. The third-order valence-electron chi connectivity index (χ3n) is 4.42. The van der Waals surface area contributed by atoms with Gasteiger partial charge in [0, 0.05) is 25.7 Å². The molecule has 0 spiro atoms. The van der Waals surface area contributed by atoms with Crippen molar-refractivity contribution in [2.24, 2.45) is 5.73 Å². The van der Waals surface area contributed by atoms with Gasteiger partial charge in [0.2, 0.25) is 0 Å². The molecule has 1 heterocycles. The predicted octanol–water partition coefficient (Wildman–Crippen LogP) is 1.65. The molecule has 1 saturated heterocycles. The molecule has 1 amide bonds. The van der Waals surface area contributed by atoms with Crippen molar-refractivity contribution < 1.29 is 9.53 Å². The molecular formula is C18H29N3O2. The lowest BCUT2D eigenvalue weighted by Crippen LogP contribution is -2.50. The van der Waals surface area contributed by atoms with E-state index in [0.29, 0.717) is 25.6 Å². The summed E-state index contributed by atoms with van der Waals surface area (Å²) in [6, 6.07) is 8.09. The van der Waals surface area contributed by atoms with Crippen LogP contribution in [0, 0.1) is 0 Å². The second kappa shape index (κ2) is 8.43. The normalized spacial score (nSPS) is 20.5. The highest BCUT2D eigenvalue weighted by Crippen LogP contribution is 2.17. The first-order valence-corrected chi connectivity index (χ1v) is 8.48. The molecule has 0 aliphatic carbocycles. The minimum absolute atomic E-state index is 0.0719. The summed E-state index contributed by atoms with van der Waals surface area (Å²) in [5.74, 6) is 0.433. The van der Waals surface area contributed by atoms with E-state index in [1.54, 1.807) is 0 Å². The zero-order valence-electron chi connectivity index (χ0n) is 14.4. The number of benzene rings is 1. The van der Waals surface area contributed by atoms with Crippen molar-refractivity contribution >= 4 is 5.91 Å². The van der Waals surface area contributed by atoms with E-state index in [0.717, 1.165) is 18.7 Å². The number of carbonyl (C=O) groups is 1. The lowest BCUT2D eigenvalue weighted by atomic mass is 9.99. The van der Waals surface area contributed by atoms with Gasteiger partial charge in [-0.1, -0.05) is 45.0 Å². The van der Waals surface area contributed by atoms with Crippen molar-refractivity contribution in [2.45, 2.75) is 38.8 Å². The molecule has 1 aliphatic heterocycles. The Bertz CT molecular complexity index is 501. The molecule has 1 aromatic carbocycles. The molecule has 5 heteroatoms. The zero-order valence-corrected chi connectivity index (χ0v) is 14.4. The summed E-state index contributed by atoms with van der Waals surface area (Å²) < 4.78 is 5.56. The van der Waals surface area contributed by atoms with Crippen molar-refractivity contribution in [3.63, 3.8) is 0 Å². The Morgan fingerprint density at radius 3 is 2.61 bits per heavy atom. The van der Waals surface area contributed by atoms with Gasteiger partial charge in [-0.3, -0.25) is 9.69 Å². The van der Waals surface area contributed by atoms with Crippen LogP contribution >= 0.6 is 0 Å².